The van der Waals surface area contributed by atoms with Gasteiger partial charge in [0, 0.05) is 6.04 Å². The third kappa shape index (κ3) is 4.07. The van der Waals surface area contributed by atoms with Gasteiger partial charge in [-0.1, -0.05) is 13.8 Å². The molecule has 0 aromatic heterocycles. The van der Waals surface area contributed by atoms with Gasteiger partial charge in [-0.25, -0.2) is 0 Å². The standard InChI is InChI=1S/C10H21NO3/c1-7(2)5-10(4,9(13)14)11-8(3)6-12/h7-8,11-12H,5-6H2,1-4H3,(H,13,14). The first-order valence-electron chi connectivity index (χ1n) is 4.93. The lowest BCUT2D eigenvalue weighted by Gasteiger charge is -2.30. The molecule has 0 fully saturated rings. The van der Waals surface area contributed by atoms with Crippen molar-refractivity contribution in [1.82, 2.24) is 5.32 Å². The van der Waals surface area contributed by atoms with Crippen LogP contribution in [0.3, 0.4) is 0 Å². The summed E-state index contributed by atoms with van der Waals surface area (Å²) in [7, 11) is 0. The maximum atomic E-state index is 11.1. The number of hydrogen-bond acceptors (Lipinski definition) is 3. The number of rotatable bonds is 6. The van der Waals surface area contributed by atoms with E-state index in [4.69, 9.17) is 10.2 Å². The van der Waals surface area contributed by atoms with E-state index >= 15 is 0 Å². The number of aliphatic hydroxyl groups excluding tert-OH is 1. The minimum absolute atomic E-state index is 0.0546. The topological polar surface area (TPSA) is 69.6 Å². The van der Waals surface area contributed by atoms with Gasteiger partial charge in [-0.3, -0.25) is 10.1 Å². The lowest BCUT2D eigenvalue weighted by Crippen LogP contribution is -2.54. The van der Waals surface area contributed by atoms with Crippen LogP contribution >= 0.6 is 0 Å². The lowest BCUT2D eigenvalue weighted by molar-refractivity contribution is -0.145. The second-order valence-corrected chi connectivity index (χ2v) is 4.46. The second kappa shape index (κ2) is 5.32. The Balaban J connectivity index is 4.47. The lowest BCUT2D eigenvalue weighted by atomic mass is 9.90. The largest absolute Gasteiger partial charge is 0.480 e. The van der Waals surface area contributed by atoms with Gasteiger partial charge in [-0.05, 0) is 26.2 Å². The zero-order chi connectivity index (χ0) is 11.4. The predicted octanol–water partition coefficient (Wildman–Crippen LogP) is 0.846. The maximum absolute atomic E-state index is 11.1. The van der Waals surface area contributed by atoms with Crippen LogP contribution in [0.15, 0.2) is 0 Å². The van der Waals surface area contributed by atoms with E-state index in [9.17, 15) is 4.79 Å². The van der Waals surface area contributed by atoms with Crippen LogP contribution in [-0.4, -0.2) is 34.4 Å². The predicted molar refractivity (Wildman–Crippen MR) is 55.2 cm³/mol. The molecule has 2 atom stereocenters. The van der Waals surface area contributed by atoms with Gasteiger partial charge < -0.3 is 10.2 Å². The van der Waals surface area contributed by atoms with Gasteiger partial charge in [0.2, 0.25) is 0 Å². The summed E-state index contributed by atoms with van der Waals surface area (Å²) < 4.78 is 0. The Hall–Kier alpha value is -0.610. The molecule has 0 heterocycles. The Morgan fingerprint density at radius 2 is 1.93 bits per heavy atom. The SMILES string of the molecule is CC(C)CC(C)(NC(C)CO)C(=O)O. The molecule has 3 N–H and O–H groups in total. The molecule has 0 aliphatic heterocycles. The number of carboxylic acids is 1. The summed E-state index contributed by atoms with van der Waals surface area (Å²) >= 11 is 0. The van der Waals surface area contributed by atoms with E-state index in [0.29, 0.717) is 12.3 Å². The van der Waals surface area contributed by atoms with E-state index in [-0.39, 0.29) is 12.6 Å². The van der Waals surface area contributed by atoms with Crippen molar-refractivity contribution in [3.8, 4) is 0 Å². The summed E-state index contributed by atoms with van der Waals surface area (Å²) in [6.45, 7) is 7.32. The smallest absolute Gasteiger partial charge is 0.323 e. The summed E-state index contributed by atoms with van der Waals surface area (Å²) in [6, 6.07) is -0.199. The fraction of sp³-hybridized carbons (Fsp3) is 0.900. The van der Waals surface area contributed by atoms with Crippen molar-refractivity contribution in [1.29, 1.82) is 0 Å². The van der Waals surface area contributed by atoms with Gasteiger partial charge in [0.15, 0.2) is 0 Å². The fourth-order valence-corrected chi connectivity index (χ4v) is 1.61. The maximum Gasteiger partial charge on any atom is 0.323 e. The number of aliphatic hydroxyl groups is 1. The van der Waals surface area contributed by atoms with Crippen LogP contribution in [0.5, 0.6) is 0 Å². The molecule has 4 nitrogen and oxygen atoms in total. The van der Waals surface area contributed by atoms with E-state index in [2.05, 4.69) is 5.32 Å². The molecule has 0 saturated carbocycles. The Morgan fingerprint density at radius 3 is 2.21 bits per heavy atom. The third-order valence-electron chi connectivity index (χ3n) is 2.13. The average molecular weight is 203 g/mol. The van der Waals surface area contributed by atoms with Crippen LogP contribution in [0.4, 0.5) is 0 Å². The van der Waals surface area contributed by atoms with Crippen LogP contribution in [0.25, 0.3) is 0 Å². The highest BCUT2D eigenvalue weighted by molar-refractivity contribution is 5.78. The number of nitrogens with one attached hydrogen (secondary N) is 1. The van der Waals surface area contributed by atoms with E-state index < -0.39 is 11.5 Å². The monoisotopic (exact) mass is 203 g/mol. The van der Waals surface area contributed by atoms with Gasteiger partial charge in [0.25, 0.3) is 0 Å². The molecule has 4 heteroatoms. The van der Waals surface area contributed by atoms with Crippen molar-refractivity contribution in [2.24, 2.45) is 5.92 Å². The van der Waals surface area contributed by atoms with E-state index in [0.717, 1.165) is 0 Å². The van der Waals surface area contributed by atoms with Gasteiger partial charge in [-0.2, -0.15) is 0 Å². The Morgan fingerprint density at radius 1 is 1.43 bits per heavy atom. The van der Waals surface area contributed by atoms with Crippen LogP contribution < -0.4 is 5.32 Å². The first-order valence-corrected chi connectivity index (χ1v) is 4.93. The molecule has 0 bridgehead atoms. The molecule has 2 unspecified atom stereocenters. The van der Waals surface area contributed by atoms with Crippen molar-refractivity contribution in [3.63, 3.8) is 0 Å². The van der Waals surface area contributed by atoms with Crippen LogP contribution in [0.1, 0.15) is 34.1 Å². The van der Waals surface area contributed by atoms with Crippen molar-refractivity contribution in [2.45, 2.75) is 45.7 Å². The first kappa shape index (κ1) is 13.4. The summed E-state index contributed by atoms with van der Waals surface area (Å²) in [4.78, 5) is 11.1. The molecule has 0 rings (SSSR count). The van der Waals surface area contributed by atoms with Crippen molar-refractivity contribution in [3.05, 3.63) is 0 Å². The molecular weight excluding hydrogens is 182 g/mol. The molecule has 0 spiro atoms. The molecule has 0 aromatic carbocycles. The Kier molecular flexibility index (Phi) is 5.08. The molecular formula is C10H21NO3. The minimum atomic E-state index is -0.948. The molecule has 0 aliphatic rings. The van der Waals surface area contributed by atoms with Crippen molar-refractivity contribution >= 4 is 5.97 Å². The summed E-state index contributed by atoms with van der Waals surface area (Å²) in [6.07, 6.45) is 0.548. The van der Waals surface area contributed by atoms with Gasteiger partial charge in [0.05, 0.1) is 6.61 Å². The Bertz CT molecular complexity index is 194. The van der Waals surface area contributed by atoms with Crippen molar-refractivity contribution in [2.75, 3.05) is 6.61 Å². The van der Waals surface area contributed by atoms with Gasteiger partial charge >= 0.3 is 5.97 Å². The molecule has 0 aliphatic carbocycles. The van der Waals surface area contributed by atoms with Crippen LogP contribution in [0.2, 0.25) is 0 Å². The molecule has 14 heavy (non-hydrogen) atoms. The zero-order valence-corrected chi connectivity index (χ0v) is 9.37. The van der Waals surface area contributed by atoms with Gasteiger partial charge in [0.1, 0.15) is 5.54 Å². The molecule has 0 aromatic rings. The Labute approximate surface area is 85.3 Å². The number of aliphatic carboxylic acids is 1. The highest BCUT2D eigenvalue weighted by Crippen LogP contribution is 2.17. The average Bonchev–Trinajstić information content (AvgIpc) is 2.02. The quantitative estimate of drug-likeness (QED) is 0.598. The normalized spacial score (nSPS) is 17.9. The van der Waals surface area contributed by atoms with Gasteiger partial charge in [-0.15, -0.1) is 0 Å². The fourth-order valence-electron chi connectivity index (χ4n) is 1.61. The van der Waals surface area contributed by atoms with Crippen LogP contribution in [0, 0.1) is 5.92 Å². The summed E-state index contributed by atoms with van der Waals surface area (Å²) in [5, 5.41) is 20.9. The third-order valence-corrected chi connectivity index (χ3v) is 2.13. The number of carboxylic acid groups (broad SMARTS) is 1. The molecule has 0 radical (unpaired) electrons. The second-order valence-electron chi connectivity index (χ2n) is 4.46. The molecule has 0 saturated heterocycles. The minimum Gasteiger partial charge on any atom is -0.480 e. The van der Waals surface area contributed by atoms with E-state index in [1.165, 1.54) is 0 Å². The zero-order valence-electron chi connectivity index (χ0n) is 9.37. The van der Waals surface area contributed by atoms with E-state index in [1.807, 2.05) is 13.8 Å². The molecule has 84 valence electrons. The highest BCUT2D eigenvalue weighted by Gasteiger charge is 2.34. The summed E-state index contributed by atoms with van der Waals surface area (Å²) in [5.74, 6) is -0.569. The first-order chi connectivity index (χ1) is 6.31. The van der Waals surface area contributed by atoms with Crippen molar-refractivity contribution < 1.29 is 15.0 Å². The van der Waals surface area contributed by atoms with Crippen LogP contribution in [-0.2, 0) is 4.79 Å². The highest BCUT2D eigenvalue weighted by atomic mass is 16.4. The number of carbonyl (C=O) groups is 1. The van der Waals surface area contributed by atoms with E-state index in [1.54, 1.807) is 13.8 Å². The summed E-state index contributed by atoms with van der Waals surface area (Å²) in [5.41, 5.74) is -0.948. The molecule has 0 amide bonds. The number of hydrogen-bond donors (Lipinski definition) is 3.